The third-order valence-electron chi connectivity index (χ3n) is 7.88. The topological polar surface area (TPSA) is 96.9 Å². The first kappa shape index (κ1) is 24.9. The Morgan fingerprint density at radius 3 is 2.47 bits per heavy atom. The van der Waals surface area contributed by atoms with Gasteiger partial charge in [-0.15, -0.1) is 0 Å². The van der Waals surface area contributed by atoms with Gasteiger partial charge in [0.25, 0.3) is 0 Å². The summed E-state index contributed by atoms with van der Waals surface area (Å²) in [6.07, 6.45) is 7.77. The SMILES string of the molecule is CS(=O)(=O)c1cccc(C(c2ccncc2)C2CCN(C(=O)N3CC[C@@H]4OCC(=O)C[C@@H]4C3)CC2)c1. The van der Waals surface area contributed by atoms with Gasteiger partial charge < -0.3 is 14.5 Å². The summed E-state index contributed by atoms with van der Waals surface area (Å²) in [5.41, 5.74) is 2.07. The summed E-state index contributed by atoms with van der Waals surface area (Å²) >= 11 is 0. The lowest BCUT2D eigenvalue weighted by molar-refractivity contribution is -0.140. The molecule has 192 valence electrons. The van der Waals surface area contributed by atoms with E-state index in [9.17, 15) is 18.0 Å². The number of pyridine rings is 1. The Morgan fingerprint density at radius 1 is 1.03 bits per heavy atom. The highest BCUT2D eigenvalue weighted by molar-refractivity contribution is 7.90. The monoisotopic (exact) mass is 511 g/mol. The number of sulfone groups is 1. The van der Waals surface area contributed by atoms with E-state index in [1.54, 1.807) is 24.5 Å². The lowest BCUT2D eigenvalue weighted by Crippen LogP contribution is -2.54. The zero-order valence-corrected chi connectivity index (χ0v) is 21.4. The summed E-state index contributed by atoms with van der Waals surface area (Å²) < 4.78 is 30.1. The van der Waals surface area contributed by atoms with Crippen LogP contribution in [0.2, 0.25) is 0 Å². The van der Waals surface area contributed by atoms with Crippen LogP contribution in [0, 0.1) is 11.8 Å². The van der Waals surface area contributed by atoms with Crippen molar-refractivity contribution in [3.8, 4) is 0 Å². The standard InChI is InChI=1S/C27H33N3O5S/c1-36(33,34)24-4-2-3-21(16-24)26(19-5-10-28-11-6-19)20-7-12-29(13-8-20)27(32)30-14-9-25-22(17-30)15-23(31)18-35-25/h2-6,10-11,16,20,22,25-26H,7-9,12-15,17-18H2,1H3/t22-,25+,26?/m1/s1. The van der Waals surface area contributed by atoms with Gasteiger partial charge >= 0.3 is 6.03 Å². The number of benzene rings is 1. The highest BCUT2D eigenvalue weighted by Gasteiger charge is 2.39. The number of fused-ring (bicyclic) bond motifs is 1. The van der Waals surface area contributed by atoms with Crippen LogP contribution >= 0.6 is 0 Å². The molecule has 36 heavy (non-hydrogen) atoms. The van der Waals surface area contributed by atoms with Crippen molar-refractivity contribution in [3.63, 3.8) is 0 Å². The minimum absolute atomic E-state index is 0.0214. The Morgan fingerprint density at radius 2 is 1.75 bits per heavy atom. The molecule has 3 aliphatic rings. The van der Waals surface area contributed by atoms with E-state index in [0.29, 0.717) is 37.5 Å². The van der Waals surface area contributed by atoms with E-state index < -0.39 is 9.84 Å². The quantitative estimate of drug-likeness (QED) is 0.626. The molecule has 3 saturated heterocycles. The van der Waals surface area contributed by atoms with Crippen LogP contribution in [0.3, 0.4) is 0 Å². The Labute approximate surface area is 212 Å². The Hall–Kier alpha value is -2.78. The first-order chi connectivity index (χ1) is 17.3. The number of hydrogen-bond acceptors (Lipinski definition) is 6. The number of aromatic nitrogens is 1. The van der Waals surface area contributed by atoms with E-state index in [0.717, 1.165) is 30.4 Å². The molecule has 0 N–H and O–H groups in total. The van der Waals surface area contributed by atoms with Crippen molar-refractivity contribution in [1.29, 1.82) is 0 Å². The van der Waals surface area contributed by atoms with Crippen molar-refractivity contribution in [2.24, 2.45) is 11.8 Å². The molecular formula is C27H33N3O5S. The number of rotatable bonds is 4. The number of Topliss-reactive ketones (excluding diaryl/α,β-unsaturated/α-hetero) is 1. The van der Waals surface area contributed by atoms with Gasteiger partial charge in [0, 0.05) is 63.1 Å². The van der Waals surface area contributed by atoms with Gasteiger partial charge in [0.05, 0.1) is 11.0 Å². The molecule has 0 radical (unpaired) electrons. The maximum Gasteiger partial charge on any atom is 0.320 e. The van der Waals surface area contributed by atoms with Crippen LogP contribution in [0.5, 0.6) is 0 Å². The highest BCUT2D eigenvalue weighted by atomic mass is 32.2. The molecule has 9 heteroatoms. The molecule has 2 aromatic rings. The zero-order valence-electron chi connectivity index (χ0n) is 20.6. The maximum atomic E-state index is 13.3. The molecule has 5 rings (SSSR count). The average Bonchev–Trinajstić information content (AvgIpc) is 2.89. The second kappa shape index (κ2) is 10.3. The summed E-state index contributed by atoms with van der Waals surface area (Å²) in [7, 11) is -3.32. The van der Waals surface area contributed by atoms with Gasteiger partial charge in [-0.1, -0.05) is 12.1 Å². The van der Waals surface area contributed by atoms with Crippen LogP contribution in [-0.4, -0.2) is 80.2 Å². The Kier molecular flexibility index (Phi) is 7.12. The van der Waals surface area contributed by atoms with Gasteiger partial charge in [-0.2, -0.15) is 0 Å². The van der Waals surface area contributed by atoms with E-state index in [1.165, 1.54) is 6.26 Å². The number of ether oxygens (including phenoxy) is 1. The third kappa shape index (κ3) is 5.32. The van der Waals surface area contributed by atoms with Crippen molar-refractivity contribution in [1.82, 2.24) is 14.8 Å². The minimum atomic E-state index is -3.32. The molecule has 1 aromatic carbocycles. The molecule has 1 aromatic heterocycles. The van der Waals surface area contributed by atoms with Crippen molar-refractivity contribution in [2.75, 3.05) is 39.0 Å². The second-order valence-corrected chi connectivity index (χ2v) is 12.3. The molecule has 0 spiro atoms. The van der Waals surface area contributed by atoms with Crippen molar-refractivity contribution >= 4 is 21.7 Å². The van der Waals surface area contributed by atoms with Gasteiger partial charge in [-0.05, 0) is 60.6 Å². The lowest BCUT2D eigenvalue weighted by atomic mass is 9.76. The number of likely N-dealkylation sites (tertiary alicyclic amines) is 2. The van der Waals surface area contributed by atoms with Crippen LogP contribution in [0.1, 0.15) is 42.7 Å². The predicted octanol–water partition coefficient (Wildman–Crippen LogP) is 3.13. The molecule has 4 heterocycles. The third-order valence-corrected chi connectivity index (χ3v) is 8.99. The zero-order chi connectivity index (χ0) is 25.3. The number of hydrogen-bond donors (Lipinski definition) is 0. The molecule has 8 nitrogen and oxygen atoms in total. The fourth-order valence-electron chi connectivity index (χ4n) is 6.02. The molecule has 0 saturated carbocycles. The number of urea groups is 1. The van der Waals surface area contributed by atoms with E-state index in [4.69, 9.17) is 4.74 Å². The summed E-state index contributed by atoms with van der Waals surface area (Å²) in [6, 6.07) is 11.3. The normalized spacial score (nSPS) is 24.3. The van der Waals surface area contributed by atoms with E-state index in [1.807, 2.05) is 34.1 Å². The molecule has 0 aliphatic carbocycles. The minimum Gasteiger partial charge on any atom is -0.370 e. The number of carbonyl (C=O) groups excluding carboxylic acids is 2. The summed E-state index contributed by atoms with van der Waals surface area (Å²) in [4.78, 5) is 33.5. The van der Waals surface area contributed by atoms with Crippen LogP contribution in [0.4, 0.5) is 4.79 Å². The smallest absolute Gasteiger partial charge is 0.320 e. The maximum absolute atomic E-state index is 13.3. The average molecular weight is 512 g/mol. The van der Waals surface area contributed by atoms with Gasteiger partial charge in [0.1, 0.15) is 6.61 Å². The summed E-state index contributed by atoms with van der Waals surface area (Å²) in [5, 5.41) is 0. The number of carbonyl (C=O) groups is 2. The second-order valence-electron chi connectivity index (χ2n) is 10.3. The summed E-state index contributed by atoms with van der Waals surface area (Å²) in [6.45, 7) is 2.74. The first-order valence-electron chi connectivity index (χ1n) is 12.7. The first-order valence-corrected chi connectivity index (χ1v) is 14.6. The Bertz CT molecular complexity index is 1210. The molecule has 3 atom stereocenters. The molecule has 3 fully saturated rings. The van der Waals surface area contributed by atoms with E-state index >= 15 is 0 Å². The van der Waals surface area contributed by atoms with E-state index in [2.05, 4.69) is 4.98 Å². The number of amides is 2. The Balaban J connectivity index is 1.29. The fourth-order valence-corrected chi connectivity index (χ4v) is 6.70. The van der Waals surface area contributed by atoms with Crippen molar-refractivity contribution in [3.05, 3.63) is 59.9 Å². The van der Waals surface area contributed by atoms with E-state index in [-0.39, 0.29) is 42.3 Å². The van der Waals surface area contributed by atoms with Crippen LogP contribution in [0.25, 0.3) is 0 Å². The molecule has 1 unspecified atom stereocenters. The van der Waals surface area contributed by atoms with Gasteiger partial charge in [-0.3, -0.25) is 9.78 Å². The fraction of sp³-hybridized carbons (Fsp3) is 0.519. The van der Waals surface area contributed by atoms with Gasteiger partial charge in [-0.25, -0.2) is 13.2 Å². The molecule has 3 aliphatic heterocycles. The molecule has 0 bridgehead atoms. The molecule has 2 amide bonds. The number of ketones is 1. The van der Waals surface area contributed by atoms with Crippen LogP contribution in [0.15, 0.2) is 53.7 Å². The lowest BCUT2D eigenvalue weighted by Gasteiger charge is -2.43. The summed E-state index contributed by atoms with van der Waals surface area (Å²) in [5.74, 6) is 0.502. The van der Waals surface area contributed by atoms with Crippen LogP contribution in [-0.2, 0) is 19.4 Å². The number of nitrogens with zero attached hydrogens (tertiary/aromatic N) is 3. The van der Waals surface area contributed by atoms with Crippen molar-refractivity contribution < 1.29 is 22.7 Å². The van der Waals surface area contributed by atoms with Gasteiger partial charge in [0.2, 0.25) is 0 Å². The highest BCUT2D eigenvalue weighted by Crippen LogP contribution is 2.39. The van der Waals surface area contributed by atoms with Crippen molar-refractivity contribution in [2.45, 2.75) is 42.6 Å². The number of piperidine rings is 2. The van der Waals surface area contributed by atoms with Crippen LogP contribution < -0.4 is 0 Å². The van der Waals surface area contributed by atoms with Gasteiger partial charge in [0.15, 0.2) is 15.6 Å². The largest absolute Gasteiger partial charge is 0.370 e. The molecular weight excluding hydrogens is 478 g/mol. The predicted molar refractivity (Wildman–Crippen MR) is 134 cm³/mol.